The number of methoxy groups -OCH3 is 2. The van der Waals surface area contributed by atoms with E-state index in [4.69, 9.17) is 26.8 Å². The summed E-state index contributed by atoms with van der Waals surface area (Å²) in [7, 11) is 9.38. The molecule has 96 valence electrons. The summed E-state index contributed by atoms with van der Waals surface area (Å²) in [5, 5.41) is 0.250. The van der Waals surface area contributed by atoms with Crippen LogP contribution in [0.5, 0.6) is 11.5 Å². The number of hydrogen-bond acceptors (Lipinski definition) is 3. The van der Waals surface area contributed by atoms with Gasteiger partial charge in [-0.1, -0.05) is 18.5 Å². The Morgan fingerprint density at radius 1 is 1.11 bits per heavy atom. The Hall–Kier alpha value is -0.735. The molecule has 1 aromatic carbocycles. The topological polar surface area (TPSA) is 44.5 Å². The number of rotatable bonds is 4. The van der Waals surface area contributed by atoms with Crippen molar-refractivity contribution in [2.75, 3.05) is 14.2 Å². The average molecular weight is 265 g/mol. The third-order valence-corrected chi connectivity index (χ3v) is 4.05. The van der Waals surface area contributed by atoms with E-state index in [1.54, 1.807) is 20.3 Å². The van der Waals surface area contributed by atoms with Gasteiger partial charge in [-0.2, -0.15) is 0 Å². The van der Waals surface area contributed by atoms with Gasteiger partial charge in [0.25, 0.3) is 0 Å². The molecule has 1 aromatic rings. The van der Waals surface area contributed by atoms with E-state index in [0.29, 0.717) is 10.8 Å². The molecule has 1 unspecified atom stereocenters. The van der Waals surface area contributed by atoms with Crippen molar-refractivity contribution in [2.45, 2.75) is 17.6 Å². The lowest BCUT2D eigenvalue weighted by atomic mass is 9.38. The third kappa shape index (κ3) is 2.65. The molecule has 0 spiro atoms. The second-order valence-electron chi connectivity index (χ2n) is 5.53. The molecular formula is C11H19B3ClNO2. The molecule has 1 rings (SSSR count). The van der Waals surface area contributed by atoms with Crippen LogP contribution in [0.1, 0.15) is 12.5 Å². The normalized spacial score (nSPS) is 14.9. The Bertz CT molecular complexity index is 447. The molecular weight excluding hydrogens is 246 g/mol. The minimum Gasteiger partial charge on any atom is -0.496 e. The Morgan fingerprint density at radius 3 is 2.00 bits per heavy atom. The number of halogens is 1. The van der Waals surface area contributed by atoms with E-state index in [2.05, 4.69) is 15.7 Å². The van der Waals surface area contributed by atoms with Gasteiger partial charge in [0.2, 0.25) is 0 Å². The lowest BCUT2D eigenvalue weighted by molar-refractivity contribution is 0.393. The fourth-order valence-corrected chi connectivity index (χ4v) is 1.93. The average Bonchev–Trinajstić information content (AvgIpc) is 2.26. The van der Waals surface area contributed by atoms with Gasteiger partial charge in [0, 0.05) is 6.07 Å². The summed E-state index contributed by atoms with van der Waals surface area (Å²) in [6, 6.07) is 3.67. The molecule has 7 heteroatoms. The summed E-state index contributed by atoms with van der Waals surface area (Å²) >= 11 is 6.11. The van der Waals surface area contributed by atoms with Gasteiger partial charge in [-0.15, -0.1) is 0 Å². The van der Waals surface area contributed by atoms with Gasteiger partial charge >= 0.3 is 0 Å². The third-order valence-electron chi connectivity index (χ3n) is 3.76. The largest absolute Gasteiger partial charge is 0.496 e. The maximum atomic E-state index is 6.27. The van der Waals surface area contributed by atoms with Gasteiger partial charge in [0.1, 0.15) is 35.0 Å². The van der Waals surface area contributed by atoms with Gasteiger partial charge in [0.05, 0.1) is 19.2 Å². The van der Waals surface area contributed by atoms with Crippen molar-refractivity contribution in [3.8, 4) is 11.5 Å². The van der Waals surface area contributed by atoms with Crippen LogP contribution in [0.2, 0.25) is 5.02 Å². The van der Waals surface area contributed by atoms with E-state index in [9.17, 15) is 0 Å². The number of ether oxygens (including phenoxy) is 2. The van der Waals surface area contributed by atoms with Crippen molar-refractivity contribution in [2.24, 2.45) is 5.73 Å². The molecule has 3 nitrogen and oxygen atoms in total. The maximum Gasteiger partial charge on any atom is 0.137 e. The highest BCUT2D eigenvalue weighted by atomic mass is 35.5. The predicted octanol–water partition coefficient (Wildman–Crippen LogP) is -0.916. The first-order chi connectivity index (χ1) is 8.15. The first kappa shape index (κ1) is 15.3. The molecule has 2 N–H and O–H groups in total. The molecule has 0 amide bonds. The highest BCUT2D eigenvalue weighted by molar-refractivity contribution is 6.45. The van der Waals surface area contributed by atoms with Crippen LogP contribution < -0.4 is 15.2 Å². The van der Waals surface area contributed by atoms with E-state index in [0.717, 1.165) is 11.3 Å². The zero-order valence-electron chi connectivity index (χ0n) is 11.9. The minimum absolute atomic E-state index is 0.282. The maximum absolute atomic E-state index is 6.27. The second-order valence-corrected chi connectivity index (χ2v) is 5.94. The molecule has 0 aliphatic carbocycles. The molecule has 0 saturated carbocycles. The summed E-state index contributed by atoms with van der Waals surface area (Å²) in [6.07, 6.45) is 0. The summed E-state index contributed by atoms with van der Waals surface area (Å²) < 4.78 is 10.7. The van der Waals surface area contributed by atoms with Crippen molar-refractivity contribution in [3.63, 3.8) is 0 Å². The second kappa shape index (κ2) is 5.10. The van der Waals surface area contributed by atoms with Crippen molar-refractivity contribution in [1.29, 1.82) is 0 Å². The van der Waals surface area contributed by atoms with Gasteiger partial charge in [-0.25, -0.2) is 0 Å². The van der Waals surface area contributed by atoms with E-state index in [1.807, 2.05) is 20.8 Å². The molecule has 0 heterocycles. The summed E-state index contributed by atoms with van der Waals surface area (Å²) in [6.45, 7) is 1.99. The molecule has 0 fully saturated rings. The van der Waals surface area contributed by atoms with E-state index >= 15 is 0 Å². The highest BCUT2D eigenvalue weighted by Gasteiger charge is 2.37. The molecule has 0 bridgehead atoms. The van der Waals surface area contributed by atoms with Gasteiger partial charge in [-0.05, 0) is 22.3 Å². The van der Waals surface area contributed by atoms with Crippen molar-refractivity contribution in [1.82, 2.24) is 0 Å². The van der Waals surface area contributed by atoms with Crippen molar-refractivity contribution < 1.29 is 9.47 Å². The fraction of sp³-hybridized carbons (Fsp3) is 0.455. The fourth-order valence-electron chi connectivity index (χ4n) is 1.70. The lowest BCUT2D eigenvalue weighted by Gasteiger charge is -2.40. The van der Waals surface area contributed by atoms with Crippen LogP contribution in [-0.2, 0) is 5.21 Å². The predicted molar refractivity (Wildman–Crippen MR) is 84.5 cm³/mol. The molecule has 1 atom stereocenters. The van der Waals surface area contributed by atoms with Crippen molar-refractivity contribution >= 4 is 35.1 Å². The zero-order valence-corrected chi connectivity index (χ0v) is 12.7. The van der Waals surface area contributed by atoms with E-state index < -0.39 is 5.44 Å². The molecule has 0 radical (unpaired) electrons. The number of benzene rings is 1. The van der Waals surface area contributed by atoms with Crippen LogP contribution in [-0.4, -0.2) is 43.2 Å². The summed E-state index contributed by atoms with van der Waals surface area (Å²) in [4.78, 5) is 0. The van der Waals surface area contributed by atoms with E-state index in [1.165, 1.54) is 0 Å². The molecule has 0 aliphatic heterocycles. The standard InChI is InChI=1S/C11H19B3ClNO2/c1-10(12,16)11(13,14)6-4-9(18-3)7(15)5-8(6)17-2/h4-5H,12-14,16H2,1-3H3. The Morgan fingerprint density at radius 2 is 1.61 bits per heavy atom. The lowest BCUT2D eigenvalue weighted by Crippen LogP contribution is -2.58. The Kier molecular flexibility index (Phi) is 4.34. The highest BCUT2D eigenvalue weighted by Crippen LogP contribution is 2.39. The first-order valence-electron chi connectivity index (χ1n) is 5.86. The molecule has 0 aliphatic rings. The summed E-state index contributed by atoms with van der Waals surface area (Å²) in [5.74, 6) is 1.36. The Labute approximate surface area is 117 Å². The van der Waals surface area contributed by atoms with Gasteiger partial charge < -0.3 is 15.2 Å². The van der Waals surface area contributed by atoms with E-state index in [-0.39, 0.29) is 5.21 Å². The van der Waals surface area contributed by atoms with Crippen molar-refractivity contribution in [3.05, 3.63) is 22.7 Å². The van der Waals surface area contributed by atoms with Crippen LogP contribution in [0.3, 0.4) is 0 Å². The van der Waals surface area contributed by atoms with Crippen LogP contribution in [0.4, 0.5) is 0 Å². The van der Waals surface area contributed by atoms with Crippen LogP contribution in [0, 0.1) is 0 Å². The monoisotopic (exact) mass is 265 g/mol. The zero-order chi connectivity index (χ0) is 14.1. The minimum atomic E-state index is -0.404. The SMILES string of the molecule is BC(C)(N)C(B)(B)c1cc(OC)c(Cl)cc1OC. The van der Waals surface area contributed by atoms with Gasteiger partial charge in [-0.3, -0.25) is 0 Å². The van der Waals surface area contributed by atoms with Crippen LogP contribution in [0.25, 0.3) is 0 Å². The number of nitrogens with two attached hydrogens (primary N) is 1. The van der Waals surface area contributed by atoms with Crippen LogP contribution >= 0.6 is 11.6 Å². The molecule has 0 aromatic heterocycles. The molecule has 18 heavy (non-hydrogen) atoms. The number of hydrogen-bond donors (Lipinski definition) is 1. The molecule has 0 saturated heterocycles. The summed E-state index contributed by atoms with van der Waals surface area (Å²) in [5.41, 5.74) is 6.85. The quantitative estimate of drug-likeness (QED) is 0.716. The first-order valence-corrected chi connectivity index (χ1v) is 6.24. The Balaban J connectivity index is 3.48. The van der Waals surface area contributed by atoms with Crippen LogP contribution in [0.15, 0.2) is 12.1 Å². The smallest absolute Gasteiger partial charge is 0.137 e. The van der Waals surface area contributed by atoms with Gasteiger partial charge in [0.15, 0.2) is 0 Å².